The molecule has 1 saturated heterocycles. The molecular weight excluding hydrogens is 486 g/mol. The first-order valence-electron chi connectivity index (χ1n) is 13.3. The van der Waals surface area contributed by atoms with Gasteiger partial charge in [0.2, 0.25) is 0 Å². The standard InChI is InChI=1S/C31H29N7O/c1-36-19-24(17-35-36)27-11-8-23(16-33-27)21-7-12-28-26(14-21)30-29(18-34-28)37(2)31(39)38(30)25-9-5-20(6-10-25)22-4-3-13-32-15-22/h5-12,14,16-19,22,32H,3-4,13,15H2,1-2H3. The van der Waals surface area contributed by atoms with Crippen molar-refractivity contribution < 1.29 is 0 Å². The number of hydrogen-bond acceptors (Lipinski definition) is 5. The molecule has 0 bridgehead atoms. The molecular formula is C31H29N7O. The number of nitrogens with one attached hydrogen (secondary N) is 1. The van der Waals surface area contributed by atoms with E-state index in [4.69, 9.17) is 0 Å². The van der Waals surface area contributed by atoms with Gasteiger partial charge < -0.3 is 5.32 Å². The van der Waals surface area contributed by atoms with Gasteiger partial charge in [-0.1, -0.05) is 24.3 Å². The molecule has 8 heteroatoms. The van der Waals surface area contributed by atoms with E-state index in [-0.39, 0.29) is 5.69 Å². The molecule has 7 rings (SSSR count). The number of rotatable bonds is 4. The number of aromatic nitrogens is 6. The van der Waals surface area contributed by atoms with Crippen molar-refractivity contribution in [3.63, 3.8) is 0 Å². The highest BCUT2D eigenvalue weighted by molar-refractivity contribution is 6.04. The van der Waals surface area contributed by atoms with Crippen molar-refractivity contribution in [2.24, 2.45) is 14.1 Å². The Hall–Kier alpha value is -4.56. The van der Waals surface area contributed by atoms with Crippen LogP contribution in [-0.4, -0.2) is 42.0 Å². The molecule has 1 fully saturated rings. The third kappa shape index (κ3) is 4.04. The first kappa shape index (κ1) is 23.5. The Balaban J connectivity index is 1.33. The highest BCUT2D eigenvalue weighted by Crippen LogP contribution is 2.31. The van der Waals surface area contributed by atoms with Crippen LogP contribution in [0.5, 0.6) is 0 Å². The fourth-order valence-corrected chi connectivity index (χ4v) is 5.74. The largest absolute Gasteiger partial charge is 0.333 e. The first-order valence-corrected chi connectivity index (χ1v) is 13.3. The lowest BCUT2D eigenvalue weighted by Crippen LogP contribution is -2.28. The lowest BCUT2D eigenvalue weighted by molar-refractivity contribution is 0.461. The van der Waals surface area contributed by atoms with Crippen molar-refractivity contribution in [1.29, 1.82) is 0 Å². The highest BCUT2D eigenvalue weighted by atomic mass is 16.1. The number of piperidine rings is 1. The average molecular weight is 516 g/mol. The number of aryl methyl sites for hydroxylation is 2. The monoisotopic (exact) mass is 515 g/mol. The van der Waals surface area contributed by atoms with Gasteiger partial charge in [0.1, 0.15) is 0 Å². The topological polar surface area (TPSA) is 82.6 Å². The van der Waals surface area contributed by atoms with E-state index in [1.165, 1.54) is 18.4 Å². The van der Waals surface area contributed by atoms with E-state index >= 15 is 0 Å². The Morgan fingerprint density at radius 2 is 1.74 bits per heavy atom. The van der Waals surface area contributed by atoms with E-state index in [0.717, 1.165) is 63.1 Å². The molecule has 194 valence electrons. The average Bonchev–Trinajstić information content (AvgIpc) is 3.54. The number of hydrogen-bond donors (Lipinski definition) is 1. The smallest absolute Gasteiger partial charge is 0.316 e. The summed E-state index contributed by atoms with van der Waals surface area (Å²) in [4.78, 5) is 22.9. The summed E-state index contributed by atoms with van der Waals surface area (Å²) in [5.41, 5.74) is 8.47. The van der Waals surface area contributed by atoms with Crippen molar-refractivity contribution in [1.82, 2.24) is 34.2 Å². The summed E-state index contributed by atoms with van der Waals surface area (Å²) in [5, 5.41) is 8.67. The molecule has 1 aliphatic rings. The van der Waals surface area contributed by atoms with E-state index in [0.29, 0.717) is 5.92 Å². The van der Waals surface area contributed by atoms with E-state index < -0.39 is 0 Å². The van der Waals surface area contributed by atoms with Crippen LogP contribution in [0, 0.1) is 0 Å². The van der Waals surface area contributed by atoms with E-state index in [2.05, 4.69) is 62.8 Å². The zero-order chi connectivity index (χ0) is 26.5. The van der Waals surface area contributed by atoms with Gasteiger partial charge in [0, 0.05) is 49.5 Å². The molecule has 39 heavy (non-hydrogen) atoms. The second-order valence-corrected chi connectivity index (χ2v) is 10.4. The van der Waals surface area contributed by atoms with Crippen molar-refractivity contribution >= 4 is 21.9 Å². The Labute approximate surface area is 225 Å². The van der Waals surface area contributed by atoms with Crippen LogP contribution in [0.2, 0.25) is 0 Å². The summed E-state index contributed by atoms with van der Waals surface area (Å²) >= 11 is 0. The molecule has 0 saturated carbocycles. The van der Waals surface area contributed by atoms with Crippen LogP contribution >= 0.6 is 0 Å². The van der Waals surface area contributed by atoms with Gasteiger partial charge in [-0.25, -0.2) is 4.79 Å². The van der Waals surface area contributed by atoms with Crippen molar-refractivity contribution in [3.8, 4) is 28.1 Å². The maximum absolute atomic E-state index is 13.5. The summed E-state index contributed by atoms with van der Waals surface area (Å²) in [7, 11) is 3.70. The van der Waals surface area contributed by atoms with Gasteiger partial charge in [-0.2, -0.15) is 5.10 Å². The van der Waals surface area contributed by atoms with Crippen LogP contribution in [0.3, 0.4) is 0 Å². The molecule has 8 nitrogen and oxygen atoms in total. The highest BCUT2D eigenvalue weighted by Gasteiger charge is 2.19. The zero-order valence-corrected chi connectivity index (χ0v) is 22.0. The van der Waals surface area contributed by atoms with E-state index in [1.807, 2.05) is 49.4 Å². The van der Waals surface area contributed by atoms with Gasteiger partial charge in [0.15, 0.2) is 0 Å². The van der Waals surface area contributed by atoms with Crippen LogP contribution in [0.25, 0.3) is 50.0 Å². The summed E-state index contributed by atoms with van der Waals surface area (Å²) in [6, 6.07) is 18.7. The number of benzene rings is 2. The lowest BCUT2D eigenvalue weighted by Gasteiger charge is -2.23. The summed E-state index contributed by atoms with van der Waals surface area (Å²) in [6.07, 6.45) is 9.83. The molecule has 6 aromatic rings. The molecule has 0 amide bonds. The fraction of sp³-hybridized carbons (Fsp3) is 0.226. The van der Waals surface area contributed by atoms with Gasteiger partial charge in [-0.05, 0) is 66.8 Å². The van der Waals surface area contributed by atoms with E-state index in [9.17, 15) is 4.79 Å². The Morgan fingerprint density at radius 1 is 0.897 bits per heavy atom. The summed E-state index contributed by atoms with van der Waals surface area (Å²) < 4.78 is 5.26. The maximum atomic E-state index is 13.5. The van der Waals surface area contributed by atoms with Gasteiger partial charge in [0.05, 0.1) is 40.3 Å². The second-order valence-electron chi connectivity index (χ2n) is 10.4. The Morgan fingerprint density at radius 3 is 2.46 bits per heavy atom. The van der Waals surface area contributed by atoms with Crippen LogP contribution < -0.4 is 11.0 Å². The van der Waals surface area contributed by atoms with Crippen molar-refractivity contribution in [2.75, 3.05) is 13.1 Å². The Bertz CT molecular complexity index is 1870. The van der Waals surface area contributed by atoms with Crippen molar-refractivity contribution in [3.05, 3.63) is 95.4 Å². The normalized spacial score (nSPS) is 15.8. The van der Waals surface area contributed by atoms with Crippen LogP contribution in [0.15, 0.2) is 84.2 Å². The molecule has 5 heterocycles. The molecule has 0 radical (unpaired) electrons. The predicted molar refractivity (Wildman–Crippen MR) is 154 cm³/mol. The minimum absolute atomic E-state index is 0.0840. The summed E-state index contributed by atoms with van der Waals surface area (Å²) in [5.74, 6) is 0.516. The molecule has 1 N–H and O–H groups in total. The van der Waals surface area contributed by atoms with Gasteiger partial charge in [-0.15, -0.1) is 0 Å². The predicted octanol–water partition coefficient (Wildman–Crippen LogP) is 4.81. The van der Waals surface area contributed by atoms with Crippen LogP contribution in [-0.2, 0) is 14.1 Å². The SMILES string of the molecule is Cn1cc(-c2ccc(-c3ccc4ncc5c(c4c3)n(-c3ccc(C4CCCNC4)cc3)c(=O)n5C)cn2)cn1. The second kappa shape index (κ2) is 9.32. The number of nitrogens with zero attached hydrogens (tertiary/aromatic N) is 6. The lowest BCUT2D eigenvalue weighted by atomic mass is 9.91. The van der Waals surface area contributed by atoms with Crippen molar-refractivity contribution in [2.45, 2.75) is 18.8 Å². The zero-order valence-electron chi connectivity index (χ0n) is 22.0. The third-order valence-corrected chi connectivity index (χ3v) is 7.90. The fourth-order valence-electron chi connectivity index (χ4n) is 5.74. The van der Waals surface area contributed by atoms with E-state index in [1.54, 1.807) is 15.4 Å². The molecule has 0 spiro atoms. The first-order chi connectivity index (χ1) is 19.1. The van der Waals surface area contributed by atoms with Gasteiger partial charge in [-0.3, -0.25) is 23.8 Å². The maximum Gasteiger partial charge on any atom is 0.333 e. The van der Waals surface area contributed by atoms with Gasteiger partial charge >= 0.3 is 5.69 Å². The summed E-state index contributed by atoms with van der Waals surface area (Å²) in [6.45, 7) is 2.10. The quantitative estimate of drug-likeness (QED) is 0.365. The number of imidazole rings is 1. The molecule has 1 unspecified atom stereocenters. The van der Waals surface area contributed by atoms with Gasteiger partial charge in [0.25, 0.3) is 0 Å². The Kier molecular flexibility index (Phi) is 5.63. The molecule has 2 aromatic carbocycles. The number of pyridine rings is 2. The molecule has 1 aliphatic heterocycles. The molecule has 4 aromatic heterocycles. The minimum atomic E-state index is -0.0840. The van der Waals surface area contributed by atoms with Crippen LogP contribution in [0.4, 0.5) is 0 Å². The van der Waals surface area contributed by atoms with Crippen LogP contribution in [0.1, 0.15) is 24.3 Å². The minimum Gasteiger partial charge on any atom is -0.316 e. The molecule has 0 aliphatic carbocycles. The third-order valence-electron chi connectivity index (χ3n) is 7.90. The molecule has 1 atom stereocenters. The number of fused-ring (bicyclic) bond motifs is 3.